The van der Waals surface area contributed by atoms with Gasteiger partial charge in [-0.1, -0.05) is 30.3 Å². The minimum atomic E-state index is -1.82. The highest BCUT2D eigenvalue weighted by Crippen LogP contribution is 2.25. The molecule has 0 spiro atoms. The second-order valence-electron chi connectivity index (χ2n) is 5.71. The van der Waals surface area contributed by atoms with Crippen molar-refractivity contribution < 1.29 is 34.4 Å². The van der Waals surface area contributed by atoms with Crippen LogP contribution in [0.4, 0.5) is 0 Å². The first kappa shape index (κ1) is 22.9. The van der Waals surface area contributed by atoms with Gasteiger partial charge < -0.3 is 24.8 Å². The van der Waals surface area contributed by atoms with Gasteiger partial charge in [0.05, 0.1) is 20.8 Å². The van der Waals surface area contributed by atoms with Gasteiger partial charge in [0.15, 0.2) is 0 Å². The number of hydrogen-bond acceptors (Lipinski definition) is 6. The Labute approximate surface area is 163 Å². The van der Waals surface area contributed by atoms with Crippen LogP contribution >= 0.6 is 0 Å². The number of carboxylic acid groups (broad SMARTS) is 2. The highest BCUT2D eigenvalue weighted by molar-refractivity contribution is 6.27. The van der Waals surface area contributed by atoms with Gasteiger partial charge in [-0.05, 0) is 23.8 Å². The smallest absolute Gasteiger partial charge is 0.414 e. The van der Waals surface area contributed by atoms with Gasteiger partial charge in [-0.3, -0.25) is 4.90 Å². The molecule has 2 aromatic carbocycles. The van der Waals surface area contributed by atoms with Gasteiger partial charge >= 0.3 is 11.9 Å². The highest BCUT2D eigenvalue weighted by Gasteiger charge is 2.11. The van der Waals surface area contributed by atoms with E-state index in [1.54, 1.807) is 14.2 Å². The Morgan fingerprint density at radius 2 is 1.57 bits per heavy atom. The molecule has 28 heavy (non-hydrogen) atoms. The predicted molar refractivity (Wildman–Crippen MR) is 102 cm³/mol. The van der Waals surface area contributed by atoms with E-state index < -0.39 is 11.9 Å². The van der Waals surface area contributed by atoms with Crippen molar-refractivity contribution in [2.24, 2.45) is 0 Å². The molecule has 8 heteroatoms. The Balaban J connectivity index is 0.000000568. The molecule has 0 amide bonds. The van der Waals surface area contributed by atoms with Crippen LogP contribution in [0.25, 0.3) is 0 Å². The van der Waals surface area contributed by atoms with Crippen molar-refractivity contribution in [1.82, 2.24) is 4.90 Å². The van der Waals surface area contributed by atoms with Crippen molar-refractivity contribution in [1.29, 1.82) is 0 Å². The summed E-state index contributed by atoms with van der Waals surface area (Å²) in [4.78, 5) is 20.4. The first-order valence-electron chi connectivity index (χ1n) is 8.45. The quantitative estimate of drug-likeness (QED) is 0.584. The topological polar surface area (TPSA) is 117 Å². The van der Waals surface area contributed by atoms with E-state index in [0.29, 0.717) is 13.1 Å². The lowest BCUT2D eigenvalue weighted by Gasteiger charge is -2.23. The molecule has 0 aliphatic heterocycles. The molecule has 8 nitrogen and oxygen atoms in total. The minimum absolute atomic E-state index is 0.124. The zero-order valence-corrected chi connectivity index (χ0v) is 15.9. The third-order valence-electron chi connectivity index (χ3n) is 3.73. The maximum Gasteiger partial charge on any atom is 0.414 e. The summed E-state index contributed by atoms with van der Waals surface area (Å²) in [6, 6.07) is 16.0. The number of nitrogens with zero attached hydrogens (tertiary/aromatic N) is 1. The van der Waals surface area contributed by atoms with Crippen LogP contribution in [-0.4, -0.2) is 59.5 Å². The Morgan fingerprint density at radius 3 is 2.07 bits per heavy atom. The number of methoxy groups -OCH3 is 2. The molecule has 2 aromatic rings. The lowest BCUT2D eigenvalue weighted by molar-refractivity contribution is -0.159. The molecule has 0 aliphatic rings. The molecule has 0 radical (unpaired) electrons. The third kappa shape index (κ3) is 8.07. The van der Waals surface area contributed by atoms with Gasteiger partial charge in [0.2, 0.25) is 0 Å². The van der Waals surface area contributed by atoms with Crippen LogP contribution < -0.4 is 9.47 Å². The van der Waals surface area contributed by atoms with Crippen molar-refractivity contribution in [3.05, 3.63) is 59.7 Å². The molecule has 2 rings (SSSR count). The highest BCUT2D eigenvalue weighted by atomic mass is 16.5. The summed E-state index contributed by atoms with van der Waals surface area (Å²) in [6.45, 7) is 2.20. The average molecular weight is 391 g/mol. The van der Waals surface area contributed by atoms with Crippen molar-refractivity contribution in [2.45, 2.75) is 13.1 Å². The van der Waals surface area contributed by atoms with Gasteiger partial charge in [0, 0.05) is 25.2 Å². The summed E-state index contributed by atoms with van der Waals surface area (Å²) >= 11 is 0. The van der Waals surface area contributed by atoms with E-state index in [-0.39, 0.29) is 6.61 Å². The van der Waals surface area contributed by atoms with Crippen LogP contribution in [-0.2, 0) is 22.7 Å². The normalized spacial score (nSPS) is 10.0. The fourth-order valence-corrected chi connectivity index (χ4v) is 2.44. The lowest BCUT2D eigenvalue weighted by Crippen LogP contribution is -2.26. The van der Waals surface area contributed by atoms with Crippen LogP contribution in [0.1, 0.15) is 11.1 Å². The first-order valence-corrected chi connectivity index (χ1v) is 8.45. The average Bonchev–Trinajstić information content (AvgIpc) is 2.69. The largest absolute Gasteiger partial charge is 0.497 e. The van der Waals surface area contributed by atoms with Crippen molar-refractivity contribution in [3.63, 3.8) is 0 Å². The van der Waals surface area contributed by atoms with Crippen LogP contribution in [0.2, 0.25) is 0 Å². The van der Waals surface area contributed by atoms with Crippen LogP contribution in [0.3, 0.4) is 0 Å². The predicted octanol–water partition coefficient (Wildman–Crippen LogP) is 1.85. The SMILES string of the molecule is COc1ccc(OC)c(CN(CCO)Cc2ccccc2)c1.O=C(O)C(=O)O. The zero-order chi connectivity index (χ0) is 20.9. The number of rotatable bonds is 8. The van der Waals surface area contributed by atoms with Gasteiger partial charge in [-0.15, -0.1) is 0 Å². The number of ether oxygens (including phenoxy) is 2. The molecule has 3 N–H and O–H groups in total. The number of carboxylic acids is 2. The van der Waals surface area contributed by atoms with Crippen molar-refractivity contribution in [2.75, 3.05) is 27.4 Å². The second-order valence-corrected chi connectivity index (χ2v) is 5.71. The van der Waals surface area contributed by atoms with E-state index >= 15 is 0 Å². The van der Waals surface area contributed by atoms with Crippen LogP contribution in [0.5, 0.6) is 11.5 Å². The van der Waals surface area contributed by atoms with Crippen LogP contribution in [0, 0.1) is 0 Å². The fourth-order valence-electron chi connectivity index (χ4n) is 2.44. The summed E-state index contributed by atoms with van der Waals surface area (Å²) in [6.07, 6.45) is 0. The van der Waals surface area contributed by atoms with Gasteiger partial charge in [0.25, 0.3) is 0 Å². The summed E-state index contributed by atoms with van der Waals surface area (Å²) in [5, 5.41) is 24.1. The maximum atomic E-state index is 9.32. The van der Waals surface area contributed by atoms with E-state index in [0.717, 1.165) is 23.6 Å². The van der Waals surface area contributed by atoms with E-state index in [9.17, 15) is 5.11 Å². The Hall–Kier alpha value is -3.10. The molecule has 0 atom stereocenters. The van der Waals surface area contributed by atoms with Gasteiger partial charge in [0.1, 0.15) is 11.5 Å². The molecule has 0 aromatic heterocycles. The Kier molecular flexibility index (Phi) is 10.1. The van der Waals surface area contributed by atoms with E-state index in [1.165, 1.54) is 5.56 Å². The van der Waals surface area contributed by atoms with Gasteiger partial charge in [-0.2, -0.15) is 0 Å². The van der Waals surface area contributed by atoms with E-state index in [4.69, 9.17) is 29.3 Å². The van der Waals surface area contributed by atoms with Gasteiger partial charge in [-0.25, -0.2) is 9.59 Å². The molecular weight excluding hydrogens is 366 g/mol. The number of aliphatic hydroxyl groups excluding tert-OH is 1. The minimum Gasteiger partial charge on any atom is -0.497 e. The first-order chi connectivity index (χ1) is 13.4. The van der Waals surface area contributed by atoms with Crippen molar-refractivity contribution in [3.8, 4) is 11.5 Å². The number of aliphatic hydroxyl groups is 1. The molecule has 0 fully saturated rings. The third-order valence-corrected chi connectivity index (χ3v) is 3.73. The monoisotopic (exact) mass is 391 g/mol. The summed E-state index contributed by atoms with van der Waals surface area (Å²) < 4.78 is 10.7. The zero-order valence-electron chi connectivity index (χ0n) is 15.9. The summed E-state index contributed by atoms with van der Waals surface area (Å²) in [5.41, 5.74) is 2.27. The molecule has 0 saturated carbocycles. The number of aliphatic carboxylic acids is 2. The molecule has 0 heterocycles. The fraction of sp³-hybridized carbons (Fsp3) is 0.300. The number of benzene rings is 2. The van der Waals surface area contributed by atoms with E-state index in [1.807, 2.05) is 36.4 Å². The number of carbonyl (C=O) groups is 2. The molecule has 0 bridgehead atoms. The molecule has 152 valence electrons. The molecule has 0 saturated heterocycles. The Morgan fingerprint density at radius 1 is 0.929 bits per heavy atom. The summed E-state index contributed by atoms with van der Waals surface area (Å²) in [7, 11) is 3.32. The van der Waals surface area contributed by atoms with Crippen LogP contribution in [0.15, 0.2) is 48.5 Å². The van der Waals surface area contributed by atoms with E-state index in [2.05, 4.69) is 17.0 Å². The lowest BCUT2D eigenvalue weighted by atomic mass is 10.1. The van der Waals surface area contributed by atoms with Crippen molar-refractivity contribution >= 4 is 11.9 Å². The second kappa shape index (κ2) is 12.3. The standard InChI is InChI=1S/C18H23NO3.C2H2O4/c1-21-17-8-9-18(22-2)16(12-17)14-19(10-11-20)13-15-6-4-3-5-7-15;3-1(4)2(5)6/h3-9,12,20H,10-11,13-14H2,1-2H3;(H,3,4)(H,5,6). The molecule has 0 unspecified atom stereocenters. The number of hydrogen-bond donors (Lipinski definition) is 3. The maximum absolute atomic E-state index is 9.32. The Bertz CT molecular complexity index is 737. The molecule has 0 aliphatic carbocycles. The molecular formula is C20H25NO7. The summed E-state index contributed by atoms with van der Waals surface area (Å²) in [5.74, 6) is -2.01.